The fraction of sp³-hybridized carbons (Fsp3) is 0.500. The summed E-state index contributed by atoms with van der Waals surface area (Å²) in [6.07, 6.45) is 1.48. The van der Waals surface area contributed by atoms with Gasteiger partial charge in [0, 0.05) is 46.0 Å². The molecule has 2 N–H and O–H groups in total. The molecule has 21 heavy (non-hydrogen) atoms. The molecule has 2 fully saturated rings. The van der Waals surface area contributed by atoms with Crippen LogP contribution in [0.25, 0.3) is 0 Å². The van der Waals surface area contributed by atoms with Crippen LogP contribution in [0.5, 0.6) is 0 Å². The first-order chi connectivity index (χ1) is 10.1. The molecule has 0 saturated carbocycles. The molecule has 0 spiro atoms. The van der Waals surface area contributed by atoms with Crippen LogP contribution in [-0.4, -0.2) is 77.3 Å². The maximum absolute atomic E-state index is 12.5. The van der Waals surface area contributed by atoms with Crippen molar-refractivity contribution in [3.05, 3.63) is 23.9 Å². The first-order valence-electron chi connectivity index (χ1n) is 7.06. The minimum absolute atomic E-state index is 0.0918. The SMILES string of the molecule is CN1CCN2CCN(C(=O)c3ccc(N)nc3)C[C@H]2C1=O. The van der Waals surface area contributed by atoms with E-state index >= 15 is 0 Å². The number of piperazine rings is 2. The summed E-state index contributed by atoms with van der Waals surface area (Å²) in [5.74, 6) is 0.387. The Labute approximate surface area is 123 Å². The van der Waals surface area contributed by atoms with Crippen LogP contribution in [-0.2, 0) is 4.79 Å². The van der Waals surface area contributed by atoms with Gasteiger partial charge < -0.3 is 15.5 Å². The van der Waals surface area contributed by atoms with Crippen LogP contribution < -0.4 is 5.73 Å². The largest absolute Gasteiger partial charge is 0.384 e. The van der Waals surface area contributed by atoms with Gasteiger partial charge in [0.2, 0.25) is 5.91 Å². The van der Waals surface area contributed by atoms with Crippen molar-refractivity contribution < 1.29 is 9.59 Å². The third kappa shape index (κ3) is 2.56. The molecule has 0 aliphatic carbocycles. The van der Waals surface area contributed by atoms with E-state index in [9.17, 15) is 9.59 Å². The molecule has 0 unspecified atom stereocenters. The van der Waals surface area contributed by atoms with Crippen LogP contribution in [0.15, 0.2) is 18.3 Å². The molecule has 112 valence electrons. The van der Waals surface area contributed by atoms with E-state index in [0.717, 1.165) is 19.6 Å². The number of hydrogen-bond donors (Lipinski definition) is 1. The van der Waals surface area contributed by atoms with Gasteiger partial charge in [-0.15, -0.1) is 0 Å². The lowest BCUT2D eigenvalue weighted by atomic mass is 10.1. The smallest absolute Gasteiger partial charge is 0.255 e. The van der Waals surface area contributed by atoms with Gasteiger partial charge in [-0.3, -0.25) is 14.5 Å². The molecule has 2 aliphatic heterocycles. The number of pyridine rings is 1. The van der Waals surface area contributed by atoms with E-state index in [1.54, 1.807) is 21.9 Å². The molecule has 0 radical (unpaired) electrons. The highest BCUT2D eigenvalue weighted by Crippen LogP contribution is 2.18. The van der Waals surface area contributed by atoms with Gasteiger partial charge in [-0.2, -0.15) is 0 Å². The number of anilines is 1. The van der Waals surface area contributed by atoms with Crippen LogP contribution in [0.3, 0.4) is 0 Å². The average molecular weight is 289 g/mol. The van der Waals surface area contributed by atoms with Crippen molar-refractivity contribution >= 4 is 17.6 Å². The summed E-state index contributed by atoms with van der Waals surface area (Å²) in [5, 5.41) is 0. The lowest BCUT2D eigenvalue weighted by Gasteiger charge is -2.45. The van der Waals surface area contributed by atoms with Crippen molar-refractivity contribution in [2.75, 3.05) is 45.5 Å². The van der Waals surface area contributed by atoms with Crippen molar-refractivity contribution in [2.24, 2.45) is 0 Å². The molecule has 1 aromatic heterocycles. The van der Waals surface area contributed by atoms with Crippen molar-refractivity contribution in [1.82, 2.24) is 19.7 Å². The maximum Gasteiger partial charge on any atom is 0.255 e. The normalized spacial score (nSPS) is 23.1. The molecule has 1 aromatic rings. The van der Waals surface area contributed by atoms with E-state index in [-0.39, 0.29) is 17.9 Å². The van der Waals surface area contributed by atoms with Gasteiger partial charge in [0.05, 0.1) is 5.56 Å². The first-order valence-corrected chi connectivity index (χ1v) is 7.06. The molecule has 0 aromatic carbocycles. The second-order valence-corrected chi connectivity index (χ2v) is 5.53. The molecule has 2 saturated heterocycles. The summed E-state index contributed by atoms with van der Waals surface area (Å²) >= 11 is 0. The number of hydrogen-bond acceptors (Lipinski definition) is 5. The monoisotopic (exact) mass is 289 g/mol. The molecule has 3 heterocycles. The Kier molecular flexibility index (Phi) is 3.50. The molecule has 7 heteroatoms. The number of rotatable bonds is 1. The number of nitrogens with zero attached hydrogens (tertiary/aromatic N) is 4. The average Bonchev–Trinajstić information content (AvgIpc) is 2.51. The van der Waals surface area contributed by atoms with E-state index in [0.29, 0.717) is 24.5 Å². The summed E-state index contributed by atoms with van der Waals surface area (Å²) < 4.78 is 0. The minimum atomic E-state index is -0.219. The van der Waals surface area contributed by atoms with Gasteiger partial charge in [-0.05, 0) is 12.1 Å². The van der Waals surface area contributed by atoms with E-state index in [4.69, 9.17) is 5.73 Å². The summed E-state index contributed by atoms with van der Waals surface area (Å²) in [6.45, 7) is 3.44. The van der Waals surface area contributed by atoms with E-state index < -0.39 is 0 Å². The van der Waals surface area contributed by atoms with Gasteiger partial charge in [0.15, 0.2) is 0 Å². The lowest BCUT2D eigenvalue weighted by Crippen LogP contribution is -2.64. The third-order valence-electron chi connectivity index (χ3n) is 4.20. The Morgan fingerprint density at radius 3 is 2.76 bits per heavy atom. The predicted molar refractivity (Wildman–Crippen MR) is 77.6 cm³/mol. The maximum atomic E-state index is 12.5. The number of nitrogen functional groups attached to an aromatic ring is 1. The van der Waals surface area contributed by atoms with Gasteiger partial charge in [0.1, 0.15) is 11.9 Å². The van der Waals surface area contributed by atoms with Crippen LogP contribution in [0, 0.1) is 0 Å². The number of fused-ring (bicyclic) bond motifs is 1. The zero-order chi connectivity index (χ0) is 15.0. The molecular weight excluding hydrogens is 270 g/mol. The van der Waals surface area contributed by atoms with Gasteiger partial charge in [0.25, 0.3) is 5.91 Å². The van der Waals surface area contributed by atoms with Crippen molar-refractivity contribution in [1.29, 1.82) is 0 Å². The topological polar surface area (TPSA) is 82.8 Å². The number of carbonyl (C=O) groups is 2. The fourth-order valence-corrected chi connectivity index (χ4v) is 2.86. The van der Waals surface area contributed by atoms with Gasteiger partial charge in [-0.1, -0.05) is 0 Å². The minimum Gasteiger partial charge on any atom is -0.384 e. The molecule has 2 aliphatic rings. The number of aromatic nitrogens is 1. The van der Waals surface area contributed by atoms with E-state index in [2.05, 4.69) is 9.88 Å². The zero-order valence-electron chi connectivity index (χ0n) is 12.0. The Balaban J connectivity index is 1.74. The number of carbonyl (C=O) groups excluding carboxylic acids is 2. The van der Waals surface area contributed by atoms with Crippen LogP contribution in [0.2, 0.25) is 0 Å². The van der Waals surface area contributed by atoms with Crippen LogP contribution in [0.1, 0.15) is 10.4 Å². The number of amides is 2. The zero-order valence-corrected chi connectivity index (χ0v) is 12.0. The highest BCUT2D eigenvalue weighted by molar-refractivity contribution is 5.95. The summed E-state index contributed by atoms with van der Waals surface area (Å²) in [6, 6.07) is 3.07. The molecular formula is C14H19N5O2. The van der Waals surface area contributed by atoms with Gasteiger partial charge >= 0.3 is 0 Å². The highest BCUT2D eigenvalue weighted by Gasteiger charge is 2.38. The van der Waals surface area contributed by atoms with Crippen molar-refractivity contribution in [3.63, 3.8) is 0 Å². The predicted octanol–water partition coefficient (Wildman–Crippen LogP) is -0.738. The Bertz CT molecular complexity index is 559. The molecule has 3 rings (SSSR count). The summed E-state index contributed by atoms with van der Waals surface area (Å²) in [4.78, 5) is 34.3. The second kappa shape index (κ2) is 5.33. The van der Waals surface area contributed by atoms with Crippen molar-refractivity contribution in [2.45, 2.75) is 6.04 Å². The number of nitrogens with two attached hydrogens (primary N) is 1. The van der Waals surface area contributed by atoms with Crippen molar-refractivity contribution in [3.8, 4) is 0 Å². The molecule has 7 nitrogen and oxygen atoms in total. The Hall–Kier alpha value is -2.15. The third-order valence-corrected chi connectivity index (χ3v) is 4.20. The van der Waals surface area contributed by atoms with Gasteiger partial charge in [-0.25, -0.2) is 4.98 Å². The number of likely N-dealkylation sites (N-methyl/N-ethyl adjacent to an activating group) is 1. The lowest BCUT2D eigenvalue weighted by molar-refractivity contribution is -0.142. The van der Waals surface area contributed by atoms with E-state index in [1.165, 1.54) is 6.20 Å². The quantitative estimate of drug-likeness (QED) is 0.736. The standard InChI is InChI=1S/C14H19N5O2/c1-17-4-5-18-6-7-19(9-11(18)14(17)21)13(20)10-2-3-12(15)16-8-10/h2-3,8,11H,4-7,9H2,1H3,(H2,15,16)/t11-/m0/s1. The Morgan fingerprint density at radius 1 is 1.29 bits per heavy atom. The molecule has 0 bridgehead atoms. The Morgan fingerprint density at radius 2 is 2.05 bits per heavy atom. The summed E-state index contributed by atoms with van der Waals surface area (Å²) in [5.41, 5.74) is 6.04. The fourth-order valence-electron chi connectivity index (χ4n) is 2.86. The molecule has 2 amide bonds. The van der Waals surface area contributed by atoms with Crippen LogP contribution >= 0.6 is 0 Å². The molecule has 1 atom stereocenters. The highest BCUT2D eigenvalue weighted by atomic mass is 16.2. The van der Waals surface area contributed by atoms with E-state index in [1.807, 2.05) is 7.05 Å². The van der Waals surface area contributed by atoms with Crippen LogP contribution in [0.4, 0.5) is 5.82 Å². The second-order valence-electron chi connectivity index (χ2n) is 5.53. The first kappa shape index (κ1) is 13.8. The summed E-state index contributed by atoms with van der Waals surface area (Å²) in [7, 11) is 1.81.